The number of hydrogen-bond acceptors (Lipinski definition) is 2. The van der Waals surface area contributed by atoms with E-state index in [1.165, 1.54) is 5.56 Å². The molecule has 2 nitrogen and oxygen atoms in total. The van der Waals surface area contributed by atoms with E-state index in [4.69, 9.17) is 9.05 Å². The van der Waals surface area contributed by atoms with Gasteiger partial charge in [0.05, 0.1) is 13.2 Å². The molecule has 1 aromatic carbocycles. The van der Waals surface area contributed by atoms with E-state index < -0.39 is 7.72 Å². The zero-order valence-electron chi connectivity index (χ0n) is 9.77. The third-order valence-electron chi connectivity index (χ3n) is 2.12. The van der Waals surface area contributed by atoms with Gasteiger partial charge in [-0.1, -0.05) is 30.3 Å². The van der Waals surface area contributed by atoms with Crippen LogP contribution in [0.15, 0.2) is 30.3 Å². The van der Waals surface area contributed by atoms with Crippen LogP contribution in [0, 0.1) is 0 Å². The van der Waals surface area contributed by atoms with E-state index in [2.05, 4.69) is 30.9 Å². The zero-order chi connectivity index (χ0) is 11.1. The molecule has 0 spiro atoms. The van der Waals surface area contributed by atoms with Crippen molar-refractivity contribution < 1.29 is 9.05 Å². The lowest BCUT2D eigenvalue weighted by Gasteiger charge is -2.18. The Kier molecular flexibility index (Phi) is 5.24. The fourth-order valence-electron chi connectivity index (χ4n) is 1.59. The molecule has 0 aromatic heterocycles. The highest BCUT2D eigenvalue weighted by Crippen LogP contribution is 2.59. The van der Waals surface area contributed by atoms with Gasteiger partial charge in [0.15, 0.2) is 0 Å². The Morgan fingerprint density at radius 1 is 1.00 bits per heavy atom. The van der Waals surface area contributed by atoms with Gasteiger partial charge < -0.3 is 0 Å². The maximum atomic E-state index is 5.76. The molecule has 1 rings (SSSR count). The minimum atomic E-state index is -1.69. The van der Waals surface area contributed by atoms with Gasteiger partial charge in [0.1, 0.15) is 12.8 Å². The first kappa shape index (κ1) is 12.6. The molecule has 84 valence electrons. The molecule has 3 heteroatoms. The van der Waals surface area contributed by atoms with Gasteiger partial charge in [0.25, 0.3) is 7.72 Å². The topological polar surface area (TPSA) is 18.5 Å². The maximum Gasteiger partial charge on any atom is 0.276 e. The molecular formula is C12H20O2P+. The van der Waals surface area contributed by atoms with E-state index >= 15 is 0 Å². The first-order valence-corrected chi connectivity index (χ1v) is 7.64. The Morgan fingerprint density at radius 3 is 2.00 bits per heavy atom. The summed E-state index contributed by atoms with van der Waals surface area (Å²) in [5.74, 6) is 0. The fraction of sp³-hybridized carbons (Fsp3) is 0.500. The lowest BCUT2D eigenvalue weighted by Crippen LogP contribution is -2.04. The van der Waals surface area contributed by atoms with Crippen LogP contribution in [0.5, 0.6) is 0 Å². The molecule has 0 N–H and O–H groups in total. The monoisotopic (exact) mass is 227 g/mol. The fourth-order valence-corrected chi connectivity index (χ4v) is 3.81. The van der Waals surface area contributed by atoms with Gasteiger partial charge in [-0.2, -0.15) is 0 Å². The smallest absolute Gasteiger partial charge is 0.207 e. The Hall–Kier alpha value is -0.430. The SMILES string of the molecule is CCO[P+](C)(Cc1ccccc1)OCC. The summed E-state index contributed by atoms with van der Waals surface area (Å²) >= 11 is 0. The molecule has 15 heavy (non-hydrogen) atoms. The molecule has 0 radical (unpaired) electrons. The Morgan fingerprint density at radius 2 is 1.53 bits per heavy atom. The molecule has 0 bridgehead atoms. The van der Waals surface area contributed by atoms with E-state index in [0.29, 0.717) is 0 Å². The van der Waals surface area contributed by atoms with Crippen LogP contribution in [0.1, 0.15) is 19.4 Å². The summed E-state index contributed by atoms with van der Waals surface area (Å²) < 4.78 is 11.5. The van der Waals surface area contributed by atoms with Crippen LogP contribution < -0.4 is 0 Å². The molecule has 0 saturated carbocycles. The molecule has 0 heterocycles. The normalized spacial score (nSPS) is 11.7. The predicted molar refractivity (Wildman–Crippen MR) is 66.2 cm³/mol. The van der Waals surface area contributed by atoms with Gasteiger partial charge in [-0.15, -0.1) is 0 Å². The van der Waals surface area contributed by atoms with Gasteiger partial charge in [0.2, 0.25) is 0 Å². The zero-order valence-corrected chi connectivity index (χ0v) is 10.7. The van der Waals surface area contributed by atoms with Crippen molar-refractivity contribution in [2.24, 2.45) is 0 Å². The van der Waals surface area contributed by atoms with Crippen LogP contribution in [-0.4, -0.2) is 19.9 Å². The van der Waals surface area contributed by atoms with Crippen LogP contribution in [0.25, 0.3) is 0 Å². The second-order valence-corrected chi connectivity index (χ2v) is 6.35. The number of hydrogen-bond donors (Lipinski definition) is 0. The second kappa shape index (κ2) is 6.22. The molecule has 0 atom stereocenters. The highest BCUT2D eigenvalue weighted by Gasteiger charge is 2.35. The van der Waals surface area contributed by atoms with Gasteiger partial charge >= 0.3 is 0 Å². The Bertz CT molecular complexity index is 268. The maximum absolute atomic E-state index is 5.76. The third kappa shape index (κ3) is 4.29. The highest BCUT2D eigenvalue weighted by atomic mass is 31.2. The lowest BCUT2D eigenvalue weighted by atomic mass is 10.2. The van der Waals surface area contributed by atoms with Gasteiger partial charge in [-0.05, 0) is 19.4 Å². The molecule has 0 aliphatic rings. The predicted octanol–water partition coefficient (Wildman–Crippen LogP) is 3.74. The summed E-state index contributed by atoms with van der Waals surface area (Å²) in [6, 6.07) is 10.4. The van der Waals surface area contributed by atoms with E-state index in [-0.39, 0.29) is 0 Å². The van der Waals surface area contributed by atoms with Crippen molar-refractivity contribution in [3.8, 4) is 0 Å². The first-order chi connectivity index (χ1) is 7.20. The lowest BCUT2D eigenvalue weighted by molar-refractivity contribution is 0.252. The van der Waals surface area contributed by atoms with Gasteiger partial charge in [-0.3, -0.25) is 0 Å². The van der Waals surface area contributed by atoms with Crippen molar-refractivity contribution in [2.45, 2.75) is 20.0 Å². The van der Waals surface area contributed by atoms with E-state index in [1.807, 2.05) is 19.9 Å². The van der Waals surface area contributed by atoms with Crippen molar-refractivity contribution in [3.05, 3.63) is 35.9 Å². The summed E-state index contributed by atoms with van der Waals surface area (Å²) in [5.41, 5.74) is 1.29. The summed E-state index contributed by atoms with van der Waals surface area (Å²) in [6.45, 7) is 7.58. The Labute approximate surface area is 93.1 Å². The average molecular weight is 227 g/mol. The number of rotatable bonds is 6. The summed E-state index contributed by atoms with van der Waals surface area (Å²) in [7, 11) is -1.69. The molecular weight excluding hydrogens is 207 g/mol. The van der Waals surface area contributed by atoms with Crippen molar-refractivity contribution in [3.63, 3.8) is 0 Å². The van der Waals surface area contributed by atoms with Crippen molar-refractivity contribution in [1.82, 2.24) is 0 Å². The van der Waals surface area contributed by atoms with E-state index in [1.54, 1.807) is 0 Å². The van der Waals surface area contributed by atoms with Crippen LogP contribution in [0.2, 0.25) is 0 Å². The molecule has 0 amide bonds. The standard InChI is InChI=1S/C12H20O2P/c1-4-13-15(3,14-5-2)11-12-9-7-6-8-10-12/h6-10H,4-5,11H2,1-3H3/q+1. The molecule has 1 aromatic rings. The van der Waals surface area contributed by atoms with Crippen molar-refractivity contribution >= 4 is 7.72 Å². The molecule has 0 unspecified atom stereocenters. The Balaban J connectivity index is 2.66. The number of benzene rings is 1. The van der Waals surface area contributed by atoms with Crippen molar-refractivity contribution in [1.29, 1.82) is 0 Å². The summed E-state index contributed by atoms with van der Waals surface area (Å²) in [6.07, 6.45) is 0.898. The minimum absolute atomic E-state index is 0.719. The molecule has 0 saturated heterocycles. The van der Waals surface area contributed by atoms with Crippen LogP contribution in [-0.2, 0) is 15.2 Å². The van der Waals surface area contributed by atoms with Crippen LogP contribution >= 0.6 is 7.72 Å². The summed E-state index contributed by atoms with van der Waals surface area (Å²) in [4.78, 5) is 0. The van der Waals surface area contributed by atoms with Gasteiger partial charge in [-0.25, -0.2) is 9.05 Å². The molecule has 0 fully saturated rings. The highest BCUT2D eigenvalue weighted by molar-refractivity contribution is 7.64. The van der Waals surface area contributed by atoms with Crippen LogP contribution in [0.3, 0.4) is 0 Å². The largest absolute Gasteiger partial charge is 0.276 e. The van der Waals surface area contributed by atoms with Crippen LogP contribution in [0.4, 0.5) is 0 Å². The van der Waals surface area contributed by atoms with E-state index in [9.17, 15) is 0 Å². The van der Waals surface area contributed by atoms with E-state index in [0.717, 1.165) is 19.4 Å². The molecule has 0 aliphatic carbocycles. The minimum Gasteiger partial charge on any atom is -0.207 e. The van der Waals surface area contributed by atoms with Gasteiger partial charge in [0, 0.05) is 0 Å². The van der Waals surface area contributed by atoms with Crippen molar-refractivity contribution in [2.75, 3.05) is 19.9 Å². The quantitative estimate of drug-likeness (QED) is 0.689. The molecule has 0 aliphatic heterocycles. The average Bonchev–Trinajstić information content (AvgIpc) is 2.19. The first-order valence-electron chi connectivity index (χ1n) is 5.38. The second-order valence-electron chi connectivity index (χ2n) is 3.49. The third-order valence-corrected chi connectivity index (χ3v) is 4.67. The summed E-state index contributed by atoms with van der Waals surface area (Å²) in [5, 5.41) is 0.